The Morgan fingerprint density at radius 2 is 1.62 bits per heavy atom. The summed E-state index contributed by atoms with van der Waals surface area (Å²) < 4.78 is 0. The van der Waals surface area contributed by atoms with E-state index in [4.69, 9.17) is 23.2 Å². The molecule has 0 atom stereocenters. The zero-order valence-corrected chi connectivity index (χ0v) is 9.50. The zero-order valence-electron chi connectivity index (χ0n) is 5.16. The largest absolute Gasteiger partial charge is 0.131 e. The number of halogens is 2. The Labute approximate surface area is 65.6 Å². The Bertz CT molecular complexity index is 45.3. The van der Waals surface area contributed by atoms with Crippen molar-refractivity contribution >= 4 is 42.2 Å². The molecule has 0 rings (SSSR count). The van der Waals surface area contributed by atoms with E-state index < -0.39 is 0 Å². The summed E-state index contributed by atoms with van der Waals surface area (Å²) in [6, 6.07) is 0. The van der Waals surface area contributed by atoms with E-state index >= 15 is 0 Å². The molecule has 0 saturated heterocycles. The van der Waals surface area contributed by atoms with Crippen LogP contribution in [0.3, 0.4) is 0 Å². The van der Waals surface area contributed by atoms with Gasteiger partial charge in [0.05, 0.1) is 0 Å². The van der Waals surface area contributed by atoms with Gasteiger partial charge >= 0.3 is 0 Å². The third-order valence-electron chi connectivity index (χ3n) is 1.20. The van der Waals surface area contributed by atoms with E-state index in [0.29, 0.717) is 0 Å². The van der Waals surface area contributed by atoms with E-state index in [1.54, 1.807) is 0 Å². The molecule has 0 nitrogen and oxygen atoms in total. The first-order valence-electron chi connectivity index (χ1n) is 2.93. The lowest BCUT2D eigenvalue weighted by Gasteiger charge is -2.02. The van der Waals surface area contributed by atoms with Crippen molar-refractivity contribution in [2.75, 3.05) is 11.0 Å². The molecule has 4 heteroatoms. The van der Waals surface area contributed by atoms with Gasteiger partial charge in [-0.1, -0.05) is 12.1 Å². The molecular weight excluding hydrogens is 175 g/mol. The predicted octanol–water partition coefficient (Wildman–Crippen LogP) is 0.482. The maximum atomic E-state index is 5.57. The minimum Gasteiger partial charge on any atom is -0.131 e. The van der Waals surface area contributed by atoms with E-state index in [0.717, 1.165) is 16.2 Å². The van der Waals surface area contributed by atoms with Crippen LogP contribution in [0.2, 0.25) is 5.16 Å². The Hall–Kier alpha value is 1.01. The molecule has 0 N–H and O–H groups in total. The molecule has 0 radical (unpaired) electrons. The minimum atomic E-state index is 0.0778. The second-order valence-electron chi connectivity index (χ2n) is 2.06. The SMILES string of the molecule is CC([SiH2]CCl)[SiH2]CCl. The van der Waals surface area contributed by atoms with Crippen LogP contribution in [-0.2, 0) is 0 Å². The van der Waals surface area contributed by atoms with Crippen LogP contribution in [0.4, 0.5) is 0 Å². The molecule has 0 saturated carbocycles. The molecule has 0 aliphatic rings. The van der Waals surface area contributed by atoms with Crippen LogP contribution in [0.25, 0.3) is 0 Å². The van der Waals surface area contributed by atoms with Gasteiger partial charge in [-0.25, -0.2) is 0 Å². The van der Waals surface area contributed by atoms with Crippen molar-refractivity contribution in [3.63, 3.8) is 0 Å². The fraction of sp³-hybridized carbons (Fsp3) is 1.00. The highest BCUT2D eigenvalue weighted by atomic mass is 35.5. The van der Waals surface area contributed by atoms with Crippen LogP contribution < -0.4 is 0 Å². The summed E-state index contributed by atoms with van der Waals surface area (Å²) in [5.41, 5.74) is 1.87. The van der Waals surface area contributed by atoms with Gasteiger partial charge in [0.25, 0.3) is 0 Å². The van der Waals surface area contributed by atoms with Crippen molar-refractivity contribution in [3.05, 3.63) is 0 Å². The molecule has 0 bridgehead atoms. The molecule has 8 heavy (non-hydrogen) atoms. The summed E-state index contributed by atoms with van der Waals surface area (Å²) in [5.74, 6) is 0. The van der Waals surface area contributed by atoms with E-state index in [1.165, 1.54) is 0 Å². The minimum absolute atomic E-state index is 0.0778. The van der Waals surface area contributed by atoms with Crippen molar-refractivity contribution in [2.45, 2.75) is 12.1 Å². The normalized spacial score (nSPS) is 16.9. The Morgan fingerprint density at radius 3 is 1.88 bits per heavy atom. The number of rotatable bonds is 4. The van der Waals surface area contributed by atoms with Crippen molar-refractivity contribution in [3.8, 4) is 0 Å². The topological polar surface area (TPSA) is 0 Å². The van der Waals surface area contributed by atoms with Crippen LogP contribution in [0.15, 0.2) is 0 Å². The summed E-state index contributed by atoms with van der Waals surface area (Å²) in [6.07, 6.45) is 0. The maximum absolute atomic E-state index is 5.57. The van der Waals surface area contributed by atoms with E-state index in [-0.39, 0.29) is 19.0 Å². The molecular formula is C4H12Cl2Si2. The summed E-state index contributed by atoms with van der Waals surface area (Å²) in [6.45, 7) is 2.29. The second kappa shape index (κ2) is 6.14. The van der Waals surface area contributed by atoms with Crippen molar-refractivity contribution < 1.29 is 0 Å². The van der Waals surface area contributed by atoms with Crippen molar-refractivity contribution in [1.29, 1.82) is 0 Å². The molecule has 0 amide bonds. The molecule has 0 aliphatic heterocycles. The molecule has 0 heterocycles. The van der Waals surface area contributed by atoms with Gasteiger partial charge in [-0.3, -0.25) is 0 Å². The van der Waals surface area contributed by atoms with E-state index in [9.17, 15) is 0 Å². The average Bonchev–Trinajstić information content (AvgIpc) is 1.68. The van der Waals surface area contributed by atoms with Crippen molar-refractivity contribution in [1.82, 2.24) is 0 Å². The first-order chi connectivity index (χ1) is 3.81. The molecule has 0 aromatic heterocycles. The van der Waals surface area contributed by atoms with Crippen LogP contribution in [-0.4, -0.2) is 30.0 Å². The molecule has 0 fully saturated rings. The standard InChI is InChI=1S/C4H12Cl2Si2/c1-4(7-2-5)8-3-6/h4H,2-3,7-8H2,1H3. The van der Waals surface area contributed by atoms with Gasteiger partial charge in [0.15, 0.2) is 0 Å². The highest BCUT2D eigenvalue weighted by molar-refractivity contribution is 6.67. The quantitative estimate of drug-likeness (QED) is 0.443. The first kappa shape index (κ1) is 9.01. The monoisotopic (exact) mass is 186 g/mol. The van der Waals surface area contributed by atoms with E-state index in [1.807, 2.05) is 0 Å². The predicted molar refractivity (Wildman–Crippen MR) is 48.0 cm³/mol. The van der Waals surface area contributed by atoms with Gasteiger partial charge in [0.1, 0.15) is 0 Å². The second-order valence-corrected chi connectivity index (χ2v) is 10.2. The summed E-state index contributed by atoms with van der Waals surface area (Å²) in [7, 11) is 0.156. The third kappa shape index (κ3) is 5.16. The van der Waals surface area contributed by atoms with Gasteiger partial charge in [0.2, 0.25) is 0 Å². The fourth-order valence-electron chi connectivity index (χ4n) is 0.517. The third-order valence-corrected chi connectivity index (χ3v) is 7.37. The van der Waals surface area contributed by atoms with Gasteiger partial charge in [-0.2, -0.15) is 0 Å². The first-order valence-corrected chi connectivity index (χ1v) is 7.63. The molecule has 0 aromatic rings. The molecule has 0 unspecified atom stereocenters. The molecule has 0 aliphatic carbocycles. The average molecular weight is 187 g/mol. The fourth-order valence-corrected chi connectivity index (χ4v) is 7.43. The smallest absolute Gasteiger partial charge is 0.0376 e. The van der Waals surface area contributed by atoms with Gasteiger partial charge in [-0.05, 0) is 0 Å². The molecule has 0 aromatic carbocycles. The summed E-state index contributed by atoms with van der Waals surface area (Å²) >= 11 is 11.1. The van der Waals surface area contributed by atoms with Gasteiger partial charge < -0.3 is 0 Å². The summed E-state index contributed by atoms with van der Waals surface area (Å²) in [4.78, 5) is 0. The van der Waals surface area contributed by atoms with E-state index in [2.05, 4.69) is 6.92 Å². The maximum Gasteiger partial charge on any atom is 0.0376 e. The Morgan fingerprint density at radius 1 is 1.25 bits per heavy atom. The lowest BCUT2D eigenvalue weighted by atomic mass is 10.9. The van der Waals surface area contributed by atoms with Crippen LogP contribution in [0, 0.1) is 0 Å². The Kier molecular flexibility index (Phi) is 6.92. The van der Waals surface area contributed by atoms with Crippen LogP contribution in [0.5, 0.6) is 0 Å². The van der Waals surface area contributed by atoms with Crippen LogP contribution in [0.1, 0.15) is 6.92 Å². The zero-order chi connectivity index (χ0) is 6.41. The molecule has 50 valence electrons. The van der Waals surface area contributed by atoms with Crippen LogP contribution >= 0.6 is 23.2 Å². The number of hydrogen-bond acceptors (Lipinski definition) is 0. The Balaban J connectivity index is 2.92. The number of alkyl halides is 2. The van der Waals surface area contributed by atoms with Crippen molar-refractivity contribution in [2.24, 2.45) is 0 Å². The highest BCUT2D eigenvalue weighted by Gasteiger charge is 1.99. The van der Waals surface area contributed by atoms with Gasteiger partial charge in [0, 0.05) is 30.0 Å². The lowest BCUT2D eigenvalue weighted by molar-refractivity contribution is 1.31. The van der Waals surface area contributed by atoms with Gasteiger partial charge in [-0.15, -0.1) is 23.2 Å². The lowest BCUT2D eigenvalue weighted by Crippen LogP contribution is -2.10. The molecule has 0 spiro atoms. The number of hydrogen-bond donors (Lipinski definition) is 0. The summed E-state index contributed by atoms with van der Waals surface area (Å²) in [5, 5.41) is 0.977. The highest BCUT2D eigenvalue weighted by Crippen LogP contribution is 1.98.